The first-order chi connectivity index (χ1) is 14.5. The lowest BCUT2D eigenvalue weighted by atomic mass is 10.1. The van der Waals surface area contributed by atoms with Crippen LogP contribution in [0.5, 0.6) is 0 Å². The second-order valence-electron chi connectivity index (χ2n) is 6.99. The van der Waals surface area contributed by atoms with E-state index < -0.39 is 11.7 Å². The Labute approximate surface area is 171 Å². The summed E-state index contributed by atoms with van der Waals surface area (Å²) in [4.78, 5) is 24.2. The molecule has 0 atom stereocenters. The van der Waals surface area contributed by atoms with Crippen molar-refractivity contribution in [3.63, 3.8) is 0 Å². The maximum atomic E-state index is 14.1. The summed E-state index contributed by atoms with van der Waals surface area (Å²) in [6, 6.07) is 11.4. The van der Waals surface area contributed by atoms with Gasteiger partial charge in [-0.2, -0.15) is 4.68 Å². The summed E-state index contributed by atoms with van der Waals surface area (Å²) in [5, 5.41) is 16.6. The predicted molar refractivity (Wildman–Crippen MR) is 108 cm³/mol. The highest BCUT2D eigenvalue weighted by atomic mass is 19.1. The third-order valence-corrected chi connectivity index (χ3v) is 4.59. The number of halogens is 1. The monoisotopic (exact) mass is 406 g/mol. The van der Waals surface area contributed by atoms with Gasteiger partial charge in [0, 0.05) is 17.7 Å². The topological polar surface area (TPSA) is 102 Å². The standard InChI is InChI=1S/C21H19FN6O2/c1-13-25-26-27-28(13)17-9-10-18(22)19(12-17)24-20(29)11-4-14-2-5-15(6-3-14)21(30)23-16-7-8-16/h2-6,9-12,16H,7-8H2,1H3,(H,23,30)(H,24,29)/b11-4+. The maximum absolute atomic E-state index is 14.1. The maximum Gasteiger partial charge on any atom is 0.251 e. The number of rotatable bonds is 6. The number of benzene rings is 2. The van der Waals surface area contributed by atoms with Crippen LogP contribution < -0.4 is 10.6 Å². The lowest BCUT2D eigenvalue weighted by Gasteiger charge is -2.07. The molecule has 8 nitrogen and oxygen atoms in total. The molecular formula is C21H19FN6O2. The molecule has 1 aliphatic carbocycles. The van der Waals surface area contributed by atoms with Gasteiger partial charge < -0.3 is 10.6 Å². The van der Waals surface area contributed by atoms with E-state index in [1.165, 1.54) is 29.0 Å². The number of hydrogen-bond donors (Lipinski definition) is 2. The van der Waals surface area contributed by atoms with Crippen LogP contribution >= 0.6 is 0 Å². The highest BCUT2D eigenvalue weighted by molar-refractivity contribution is 6.02. The zero-order valence-corrected chi connectivity index (χ0v) is 16.2. The molecule has 1 fully saturated rings. The van der Waals surface area contributed by atoms with Crippen molar-refractivity contribution >= 4 is 23.6 Å². The Balaban J connectivity index is 1.41. The molecule has 30 heavy (non-hydrogen) atoms. The summed E-state index contributed by atoms with van der Waals surface area (Å²) in [5.74, 6) is -0.626. The fourth-order valence-electron chi connectivity index (χ4n) is 2.80. The number of hydrogen-bond acceptors (Lipinski definition) is 5. The van der Waals surface area contributed by atoms with E-state index in [4.69, 9.17) is 0 Å². The lowest BCUT2D eigenvalue weighted by molar-refractivity contribution is -0.111. The summed E-state index contributed by atoms with van der Waals surface area (Å²) >= 11 is 0. The first-order valence-electron chi connectivity index (χ1n) is 9.44. The van der Waals surface area contributed by atoms with Crippen molar-refractivity contribution in [2.24, 2.45) is 0 Å². The minimum atomic E-state index is -0.572. The Morgan fingerprint density at radius 1 is 1.17 bits per heavy atom. The van der Waals surface area contributed by atoms with Gasteiger partial charge in [-0.1, -0.05) is 12.1 Å². The van der Waals surface area contributed by atoms with E-state index >= 15 is 0 Å². The van der Waals surface area contributed by atoms with Crippen LogP contribution in [0, 0.1) is 12.7 Å². The van der Waals surface area contributed by atoms with Crippen molar-refractivity contribution in [2.45, 2.75) is 25.8 Å². The molecule has 2 amide bonds. The van der Waals surface area contributed by atoms with Crippen molar-refractivity contribution in [1.82, 2.24) is 25.5 Å². The van der Waals surface area contributed by atoms with Crippen LogP contribution in [-0.2, 0) is 4.79 Å². The van der Waals surface area contributed by atoms with Crippen molar-refractivity contribution in [2.75, 3.05) is 5.32 Å². The zero-order valence-electron chi connectivity index (χ0n) is 16.2. The molecule has 1 saturated carbocycles. The van der Waals surface area contributed by atoms with Gasteiger partial charge in [0.15, 0.2) is 5.82 Å². The van der Waals surface area contributed by atoms with E-state index in [2.05, 4.69) is 26.2 Å². The number of tetrazole rings is 1. The fraction of sp³-hybridized carbons (Fsp3) is 0.190. The van der Waals surface area contributed by atoms with Gasteiger partial charge in [0.25, 0.3) is 5.91 Å². The minimum Gasteiger partial charge on any atom is -0.349 e. The number of amides is 2. The molecule has 0 unspecified atom stereocenters. The van der Waals surface area contributed by atoms with Gasteiger partial charge in [-0.25, -0.2) is 4.39 Å². The summed E-state index contributed by atoms with van der Waals surface area (Å²) in [5.41, 5.74) is 1.86. The summed E-state index contributed by atoms with van der Waals surface area (Å²) in [7, 11) is 0. The van der Waals surface area contributed by atoms with Gasteiger partial charge in [-0.3, -0.25) is 9.59 Å². The summed E-state index contributed by atoms with van der Waals surface area (Å²) in [6.45, 7) is 1.71. The Hall–Kier alpha value is -3.88. The molecule has 0 bridgehead atoms. The van der Waals surface area contributed by atoms with Gasteiger partial charge in [-0.15, -0.1) is 5.10 Å². The van der Waals surface area contributed by atoms with Crippen LogP contribution in [0.15, 0.2) is 48.5 Å². The third-order valence-electron chi connectivity index (χ3n) is 4.59. The number of aryl methyl sites for hydroxylation is 1. The van der Waals surface area contributed by atoms with Crippen LogP contribution in [0.25, 0.3) is 11.8 Å². The average molecular weight is 406 g/mol. The zero-order chi connectivity index (χ0) is 21.1. The molecular weight excluding hydrogens is 387 g/mol. The molecule has 0 spiro atoms. The quantitative estimate of drug-likeness (QED) is 0.613. The van der Waals surface area contributed by atoms with Crippen LogP contribution in [0.4, 0.5) is 10.1 Å². The van der Waals surface area contributed by atoms with Crippen molar-refractivity contribution in [3.8, 4) is 5.69 Å². The van der Waals surface area contributed by atoms with E-state index in [0.29, 0.717) is 23.1 Å². The number of aromatic nitrogens is 4. The molecule has 152 valence electrons. The highest BCUT2D eigenvalue weighted by Gasteiger charge is 2.23. The van der Waals surface area contributed by atoms with Crippen LogP contribution in [0.1, 0.15) is 34.6 Å². The SMILES string of the molecule is Cc1nnnn1-c1ccc(F)c(NC(=O)/C=C/c2ccc(C(=O)NC3CC3)cc2)c1. The number of carbonyl (C=O) groups excluding carboxylic acids is 2. The largest absolute Gasteiger partial charge is 0.349 e. The minimum absolute atomic E-state index is 0.0177. The van der Waals surface area contributed by atoms with E-state index in [1.54, 1.807) is 37.3 Å². The number of anilines is 1. The Bertz CT molecular complexity index is 1120. The van der Waals surface area contributed by atoms with Gasteiger partial charge >= 0.3 is 0 Å². The normalized spacial score (nSPS) is 13.4. The Morgan fingerprint density at radius 3 is 2.60 bits per heavy atom. The molecule has 1 aliphatic rings. The first kappa shape index (κ1) is 19.4. The molecule has 1 heterocycles. The van der Waals surface area contributed by atoms with E-state index in [0.717, 1.165) is 18.4 Å². The molecule has 2 aromatic carbocycles. The molecule has 0 aliphatic heterocycles. The highest BCUT2D eigenvalue weighted by Crippen LogP contribution is 2.20. The smallest absolute Gasteiger partial charge is 0.251 e. The first-order valence-corrected chi connectivity index (χ1v) is 9.44. The predicted octanol–water partition coefficient (Wildman–Crippen LogP) is 2.65. The summed E-state index contributed by atoms with van der Waals surface area (Å²) < 4.78 is 15.5. The van der Waals surface area contributed by atoms with Gasteiger partial charge in [0.2, 0.25) is 5.91 Å². The number of nitrogens with one attached hydrogen (secondary N) is 2. The van der Waals surface area contributed by atoms with Crippen LogP contribution in [0.3, 0.4) is 0 Å². The molecule has 0 saturated heterocycles. The lowest BCUT2D eigenvalue weighted by Crippen LogP contribution is -2.25. The van der Waals surface area contributed by atoms with Gasteiger partial charge in [0.1, 0.15) is 5.82 Å². The van der Waals surface area contributed by atoms with Crippen molar-refractivity contribution in [3.05, 3.63) is 71.3 Å². The van der Waals surface area contributed by atoms with Crippen LogP contribution in [0.2, 0.25) is 0 Å². The second-order valence-corrected chi connectivity index (χ2v) is 6.99. The van der Waals surface area contributed by atoms with Crippen molar-refractivity contribution in [1.29, 1.82) is 0 Å². The van der Waals surface area contributed by atoms with E-state index in [-0.39, 0.29) is 11.6 Å². The number of carbonyl (C=O) groups is 2. The molecule has 1 aromatic heterocycles. The second kappa shape index (κ2) is 8.24. The molecule has 4 rings (SSSR count). The molecule has 3 aromatic rings. The molecule has 9 heteroatoms. The van der Waals surface area contributed by atoms with E-state index in [1.807, 2.05) is 0 Å². The third kappa shape index (κ3) is 4.57. The molecule has 2 N–H and O–H groups in total. The van der Waals surface area contributed by atoms with Gasteiger partial charge in [-0.05, 0) is 72.2 Å². The summed E-state index contributed by atoms with van der Waals surface area (Å²) in [6.07, 6.45) is 4.94. The van der Waals surface area contributed by atoms with E-state index in [9.17, 15) is 14.0 Å². The number of nitrogens with zero attached hydrogens (tertiary/aromatic N) is 4. The average Bonchev–Trinajstić information content (AvgIpc) is 3.45. The van der Waals surface area contributed by atoms with Crippen LogP contribution in [-0.4, -0.2) is 38.1 Å². The van der Waals surface area contributed by atoms with Crippen molar-refractivity contribution < 1.29 is 14.0 Å². The molecule has 0 radical (unpaired) electrons. The Kier molecular flexibility index (Phi) is 5.34. The Morgan fingerprint density at radius 2 is 1.93 bits per heavy atom. The van der Waals surface area contributed by atoms with Gasteiger partial charge in [0.05, 0.1) is 11.4 Å². The fourth-order valence-corrected chi connectivity index (χ4v) is 2.80.